The second-order valence-electron chi connectivity index (χ2n) is 12.0. The molecule has 3 aromatic heterocycles. The molecule has 12 nitrogen and oxygen atoms in total. The summed E-state index contributed by atoms with van der Waals surface area (Å²) >= 11 is 1.29. The number of aliphatic hydroxyl groups excluding tert-OH is 1. The molecule has 0 saturated carbocycles. The predicted octanol–water partition coefficient (Wildman–Crippen LogP) is 1.19. The highest BCUT2D eigenvalue weighted by molar-refractivity contribution is 7.18. The zero-order valence-corrected chi connectivity index (χ0v) is 28.7. The molecule has 0 spiro atoms. The average molecular weight is 745 g/mol. The van der Waals surface area contributed by atoms with Gasteiger partial charge in [-0.05, 0) is 30.7 Å². The van der Waals surface area contributed by atoms with Gasteiger partial charge in [0.1, 0.15) is 29.2 Å². The number of imidazole rings is 1. The molecule has 0 aliphatic carbocycles. The van der Waals surface area contributed by atoms with Crippen molar-refractivity contribution in [1.29, 1.82) is 0 Å². The Morgan fingerprint density at radius 1 is 1.10 bits per heavy atom. The monoisotopic (exact) mass is 743 g/mol. The van der Waals surface area contributed by atoms with E-state index >= 15 is 0 Å². The molecule has 0 radical (unpaired) electrons. The van der Waals surface area contributed by atoms with Crippen LogP contribution >= 0.6 is 11.3 Å². The van der Waals surface area contributed by atoms with Gasteiger partial charge in [0.05, 0.1) is 33.4 Å². The lowest BCUT2D eigenvalue weighted by molar-refractivity contribution is -0.688. The first kappa shape index (κ1) is 33.8. The van der Waals surface area contributed by atoms with Crippen LogP contribution in [0.2, 0.25) is 0 Å². The molecule has 1 amide bonds. The van der Waals surface area contributed by atoms with Gasteiger partial charge in [0.15, 0.2) is 18.9 Å². The van der Waals surface area contributed by atoms with E-state index in [1.54, 1.807) is 36.1 Å². The number of esters is 1. The molecule has 2 aliphatic rings. The van der Waals surface area contributed by atoms with Crippen LogP contribution in [0.1, 0.15) is 45.9 Å². The van der Waals surface area contributed by atoms with E-state index in [2.05, 4.69) is 4.98 Å². The number of rotatable bonds is 10. The Morgan fingerprint density at radius 2 is 1.84 bits per heavy atom. The molecule has 0 unspecified atom stereocenters. The van der Waals surface area contributed by atoms with Gasteiger partial charge in [0.2, 0.25) is 11.7 Å². The van der Waals surface area contributed by atoms with Crippen molar-refractivity contribution < 1.29 is 50.7 Å². The van der Waals surface area contributed by atoms with E-state index in [-0.39, 0.29) is 58.3 Å². The standard InChI is InChI=1S/C35H30N5O7S.BrH/c1-20-27(31(39-30(20)28(21(2)41)33(39)43)35(44)47-18-23-10-12-25(13-11-23)40(45)46)26-17-38-19-36-29(34(38)48-26)32(42)24-9-6-14-37(16-24)15-22-7-4-3-5-8-22;/h3-14,16-17,19-21,28,30,41H,15,18H2,1-2H3;1H/q+1;/p-1/t20-,21+,28+,30+;/m0./s1. The van der Waals surface area contributed by atoms with E-state index in [1.165, 1.54) is 40.5 Å². The molecule has 0 bridgehead atoms. The minimum absolute atomic E-state index is 0. The van der Waals surface area contributed by atoms with Crippen LogP contribution in [-0.4, -0.2) is 54.1 Å². The summed E-state index contributed by atoms with van der Waals surface area (Å²) in [6.45, 7) is 3.90. The third-order valence-electron chi connectivity index (χ3n) is 8.90. The summed E-state index contributed by atoms with van der Waals surface area (Å²) in [5.41, 5.74) is 2.96. The lowest BCUT2D eigenvalue weighted by atomic mass is 9.77. The molecule has 14 heteroatoms. The zero-order chi connectivity index (χ0) is 33.7. The summed E-state index contributed by atoms with van der Waals surface area (Å²) in [5.74, 6) is -2.36. The Balaban J connectivity index is 0.00000417. The largest absolute Gasteiger partial charge is 1.00 e. The summed E-state index contributed by atoms with van der Waals surface area (Å²) in [7, 11) is 0. The van der Waals surface area contributed by atoms with Crippen LogP contribution in [0, 0.1) is 22.0 Å². The van der Waals surface area contributed by atoms with Crippen LogP contribution < -0.4 is 21.5 Å². The maximum Gasteiger partial charge on any atom is 0.355 e. The van der Waals surface area contributed by atoms with Crippen molar-refractivity contribution in [3.05, 3.63) is 135 Å². The number of hydrogen-bond acceptors (Lipinski definition) is 9. The molecular formula is C35H30BrN5O7S. The Hall–Kier alpha value is -5.05. The number of ketones is 1. The molecule has 49 heavy (non-hydrogen) atoms. The van der Waals surface area contributed by atoms with Gasteiger partial charge in [-0.25, -0.2) is 14.3 Å². The van der Waals surface area contributed by atoms with Crippen molar-refractivity contribution in [3.8, 4) is 0 Å². The SMILES string of the molecule is C[C@@H](O)[C@H]1C(=O)N2C(C(=O)OCc3ccc([N+](=O)[O-])cc3)=C(c3cn4cnc(C(=O)c5ccc[n+](Cc6ccccc6)c5)c4s3)[C@H](C)[C@H]12.[Br-]. The van der Waals surface area contributed by atoms with Gasteiger partial charge in [-0.1, -0.05) is 37.3 Å². The fraction of sp³-hybridized carbons (Fsp3) is 0.229. The normalized spacial score (nSPS) is 18.9. The van der Waals surface area contributed by atoms with Crippen molar-refractivity contribution in [2.45, 2.75) is 39.1 Å². The van der Waals surface area contributed by atoms with Gasteiger partial charge >= 0.3 is 5.97 Å². The van der Waals surface area contributed by atoms with E-state index in [0.717, 1.165) is 5.56 Å². The molecule has 2 aliphatic heterocycles. The molecule has 1 fully saturated rings. The zero-order valence-electron chi connectivity index (χ0n) is 26.3. The van der Waals surface area contributed by atoms with E-state index in [9.17, 15) is 29.6 Å². The van der Waals surface area contributed by atoms with Crippen molar-refractivity contribution in [3.63, 3.8) is 0 Å². The third-order valence-corrected chi connectivity index (χ3v) is 10.0. The van der Waals surface area contributed by atoms with Gasteiger partial charge in [-0.3, -0.25) is 24.1 Å². The molecule has 7 rings (SSSR count). The van der Waals surface area contributed by atoms with Crippen molar-refractivity contribution in [2.24, 2.45) is 11.8 Å². The maximum absolute atomic E-state index is 13.8. The molecule has 4 atom stereocenters. The molecule has 5 heterocycles. The minimum Gasteiger partial charge on any atom is -1.00 e. The number of nitro benzene ring substituents is 1. The number of carbonyl (C=O) groups excluding carboxylic acids is 3. The van der Waals surface area contributed by atoms with E-state index in [0.29, 0.717) is 33.0 Å². The number of non-ortho nitro benzene ring substituents is 1. The number of carbonyl (C=O) groups is 3. The number of nitro groups is 1. The number of amides is 1. The Bertz CT molecular complexity index is 2130. The smallest absolute Gasteiger partial charge is 0.355 e. The Morgan fingerprint density at radius 3 is 2.53 bits per heavy atom. The lowest BCUT2D eigenvalue weighted by Gasteiger charge is -2.46. The summed E-state index contributed by atoms with van der Waals surface area (Å²) in [4.78, 5) is 58.3. The third kappa shape index (κ3) is 6.07. The Kier molecular flexibility index (Phi) is 9.29. The number of nitrogens with zero attached hydrogens (tertiary/aromatic N) is 5. The van der Waals surface area contributed by atoms with Gasteiger partial charge in [0, 0.05) is 41.5 Å². The second kappa shape index (κ2) is 13.5. The number of halogens is 1. The number of hydrogen-bond donors (Lipinski definition) is 1. The fourth-order valence-corrected chi connectivity index (χ4v) is 7.79. The van der Waals surface area contributed by atoms with Crippen LogP contribution in [0.25, 0.3) is 10.4 Å². The highest BCUT2D eigenvalue weighted by atomic mass is 79.9. The van der Waals surface area contributed by atoms with Crippen LogP contribution in [0.15, 0.2) is 97.3 Å². The lowest BCUT2D eigenvalue weighted by Crippen LogP contribution is -3.00. The number of β-lactam (4-membered cyclic amide) rings is 1. The molecule has 1 saturated heterocycles. The van der Waals surface area contributed by atoms with Gasteiger partial charge in [-0.2, -0.15) is 0 Å². The Labute approximate surface area is 294 Å². The maximum atomic E-state index is 13.8. The van der Waals surface area contributed by atoms with Gasteiger partial charge in [-0.15, -0.1) is 11.3 Å². The average Bonchev–Trinajstić information content (AvgIpc) is 3.73. The van der Waals surface area contributed by atoms with Gasteiger partial charge in [0.25, 0.3) is 5.69 Å². The molecule has 2 aromatic carbocycles. The number of benzene rings is 2. The fourth-order valence-electron chi connectivity index (χ4n) is 6.58. The number of thiazole rings is 1. The number of pyridine rings is 1. The van der Waals surface area contributed by atoms with Crippen LogP contribution in [0.4, 0.5) is 5.69 Å². The topological polar surface area (TPSA) is 148 Å². The second-order valence-corrected chi connectivity index (χ2v) is 13.0. The van der Waals surface area contributed by atoms with Crippen molar-refractivity contribution >= 4 is 45.1 Å². The van der Waals surface area contributed by atoms with Gasteiger partial charge < -0.3 is 31.7 Å². The van der Waals surface area contributed by atoms with Crippen LogP contribution in [-0.2, 0) is 27.5 Å². The number of aromatic nitrogens is 3. The minimum atomic E-state index is -0.916. The van der Waals surface area contributed by atoms with Crippen molar-refractivity contribution in [1.82, 2.24) is 14.3 Å². The quantitative estimate of drug-likeness (QED) is 0.0561. The first-order valence-electron chi connectivity index (χ1n) is 15.3. The first-order valence-corrected chi connectivity index (χ1v) is 16.1. The van der Waals surface area contributed by atoms with Crippen molar-refractivity contribution in [2.75, 3.05) is 0 Å². The summed E-state index contributed by atoms with van der Waals surface area (Å²) in [5, 5.41) is 21.4. The summed E-state index contributed by atoms with van der Waals surface area (Å²) in [6.07, 6.45) is 6.11. The van der Waals surface area contributed by atoms with Crippen LogP contribution in [0.3, 0.4) is 0 Å². The van der Waals surface area contributed by atoms with E-state index < -0.39 is 29.0 Å². The summed E-state index contributed by atoms with van der Waals surface area (Å²) in [6, 6.07) is 18.7. The van der Waals surface area contributed by atoms with E-state index in [1.807, 2.05) is 54.1 Å². The molecular weight excluding hydrogens is 714 g/mol. The van der Waals surface area contributed by atoms with Crippen LogP contribution in [0.5, 0.6) is 0 Å². The molecule has 5 aromatic rings. The first-order chi connectivity index (χ1) is 23.1. The highest BCUT2D eigenvalue weighted by Gasteiger charge is 2.60. The number of aliphatic hydroxyl groups is 1. The molecule has 250 valence electrons. The number of fused-ring (bicyclic) bond motifs is 2. The predicted molar refractivity (Wildman–Crippen MR) is 173 cm³/mol. The van der Waals surface area contributed by atoms with E-state index in [4.69, 9.17) is 4.74 Å². The molecule has 1 N–H and O–H groups in total. The summed E-state index contributed by atoms with van der Waals surface area (Å²) < 4.78 is 9.32. The highest BCUT2D eigenvalue weighted by Crippen LogP contribution is 2.52. The number of ether oxygens (including phenoxy) is 1.